The molecule has 1 aromatic carbocycles. The van der Waals surface area contributed by atoms with Crippen LogP contribution in [0.25, 0.3) is 0 Å². The average Bonchev–Trinajstić information content (AvgIpc) is 2.04. The molecule has 11 heavy (non-hydrogen) atoms. The van der Waals surface area contributed by atoms with E-state index in [0.29, 0.717) is 5.02 Å². The highest BCUT2D eigenvalue weighted by atomic mass is 35.5. The van der Waals surface area contributed by atoms with Crippen LogP contribution in [0.4, 0.5) is 0 Å². The highest BCUT2D eigenvalue weighted by Crippen LogP contribution is 2.26. The van der Waals surface area contributed by atoms with E-state index in [9.17, 15) is 0 Å². The Balaban J connectivity index is 2.93. The summed E-state index contributed by atoms with van der Waals surface area (Å²) in [5, 5.41) is 8.92. The lowest BCUT2D eigenvalue weighted by atomic mass is 10.1. The molecule has 0 saturated heterocycles. The lowest BCUT2D eigenvalue weighted by molar-refractivity contribution is 0.294. The van der Waals surface area contributed by atoms with E-state index in [2.05, 4.69) is 0 Å². The van der Waals surface area contributed by atoms with E-state index in [1.165, 1.54) is 0 Å². The molecule has 0 fully saturated rings. The van der Waals surface area contributed by atoms with Crippen molar-refractivity contribution in [1.82, 2.24) is 0 Å². The van der Waals surface area contributed by atoms with Gasteiger partial charge in [-0.05, 0) is 11.6 Å². The summed E-state index contributed by atoms with van der Waals surface area (Å²) in [7, 11) is 0. The predicted molar refractivity (Wildman–Crippen MR) is 47.1 cm³/mol. The summed E-state index contributed by atoms with van der Waals surface area (Å²) in [5.74, 6) is 0. The van der Waals surface area contributed by atoms with Crippen LogP contribution < -0.4 is 0 Å². The summed E-state index contributed by atoms with van der Waals surface area (Å²) in [6.45, 7) is -0.0920. The van der Waals surface area contributed by atoms with Crippen LogP contribution in [0, 0.1) is 0 Å². The first-order valence-corrected chi connectivity index (χ1v) is 4.06. The molecule has 0 aromatic heterocycles. The molecule has 1 rings (SSSR count). The van der Waals surface area contributed by atoms with Gasteiger partial charge in [0.25, 0.3) is 0 Å². The van der Waals surface area contributed by atoms with Crippen molar-refractivity contribution in [3.63, 3.8) is 0 Å². The smallest absolute Gasteiger partial charge is 0.0830 e. The van der Waals surface area contributed by atoms with Gasteiger partial charge in [0.15, 0.2) is 0 Å². The molecule has 0 saturated carbocycles. The lowest BCUT2D eigenvalue weighted by Gasteiger charge is -2.06. The molecule has 0 aliphatic carbocycles. The van der Waals surface area contributed by atoms with Gasteiger partial charge in [0.05, 0.1) is 12.0 Å². The van der Waals surface area contributed by atoms with Gasteiger partial charge in [-0.15, -0.1) is 11.6 Å². The fraction of sp³-hybridized carbons (Fsp3) is 0.250. The second-order valence-corrected chi connectivity index (χ2v) is 3.11. The number of hydrogen-bond donors (Lipinski definition) is 1. The van der Waals surface area contributed by atoms with Crippen molar-refractivity contribution in [2.45, 2.75) is 5.38 Å². The fourth-order valence-corrected chi connectivity index (χ4v) is 1.34. The van der Waals surface area contributed by atoms with Crippen LogP contribution in [0.2, 0.25) is 5.02 Å². The first-order valence-electron chi connectivity index (χ1n) is 3.25. The van der Waals surface area contributed by atoms with Gasteiger partial charge in [-0.1, -0.05) is 29.8 Å². The quantitative estimate of drug-likeness (QED) is 0.712. The molecule has 0 heterocycles. The van der Waals surface area contributed by atoms with E-state index >= 15 is 0 Å². The summed E-state index contributed by atoms with van der Waals surface area (Å²) in [4.78, 5) is 0. The van der Waals surface area contributed by atoms with Gasteiger partial charge in [-0.25, -0.2) is 0 Å². The van der Waals surface area contributed by atoms with Gasteiger partial charge in [0.2, 0.25) is 0 Å². The minimum absolute atomic E-state index is 0.0920. The van der Waals surface area contributed by atoms with Crippen molar-refractivity contribution >= 4 is 23.2 Å². The molecule has 0 unspecified atom stereocenters. The van der Waals surface area contributed by atoms with Gasteiger partial charge in [-0.3, -0.25) is 0 Å². The maximum atomic E-state index is 8.72. The van der Waals surface area contributed by atoms with Crippen LogP contribution in [0.3, 0.4) is 0 Å². The van der Waals surface area contributed by atoms with E-state index in [1.54, 1.807) is 12.1 Å². The normalized spacial score (nSPS) is 13.0. The number of aliphatic hydroxyl groups is 1. The maximum absolute atomic E-state index is 8.72. The topological polar surface area (TPSA) is 20.2 Å². The van der Waals surface area contributed by atoms with Crippen molar-refractivity contribution in [3.05, 3.63) is 34.9 Å². The van der Waals surface area contributed by atoms with Crippen LogP contribution in [0.5, 0.6) is 0 Å². The minimum Gasteiger partial charge on any atom is -0.394 e. The van der Waals surface area contributed by atoms with Crippen molar-refractivity contribution < 1.29 is 5.11 Å². The molecule has 0 aliphatic rings. The SMILES string of the molecule is OC[C@H](Cl)c1ccccc1Cl. The Morgan fingerprint density at radius 1 is 1.36 bits per heavy atom. The molecule has 0 radical (unpaired) electrons. The molecular formula is C8H8Cl2O. The Hall–Kier alpha value is -0.240. The Morgan fingerprint density at radius 3 is 2.55 bits per heavy atom. The van der Waals surface area contributed by atoms with Crippen LogP contribution in [0.15, 0.2) is 24.3 Å². The third-order valence-electron chi connectivity index (χ3n) is 1.40. The van der Waals surface area contributed by atoms with Crippen LogP contribution in [-0.2, 0) is 0 Å². The molecular weight excluding hydrogens is 183 g/mol. The number of alkyl halides is 1. The van der Waals surface area contributed by atoms with E-state index < -0.39 is 5.38 Å². The van der Waals surface area contributed by atoms with E-state index in [0.717, 1.165) is 5.56 Å². The Bertz CT molecular complexity index is 237. The van der Waals surface area contributed by atoms with Crippen molar-refractivity contribution in [2.75, 3.05) is 6.61 Å². The molecule has 1 N–H and O–H groups in total. The van der Waals surface area contributed by atoms with E-state index in [-0.39, 0.29) is 6.61 Å². The average molecular weight is 191 g/mol. The summed E-state index contributed by atoms with van der Waals surface area (Å²) in [5.41, 5.74) is 0.776. The zero-order chi connectivity index (χ0) is 8.27. The summed E-state index contributed by atoms with van der Waals surface area (Å²) >= 11 is 11.6. The molecule has 0 spiro atoms. The number of hydrogen-bond acceptors (Lipinski definition) is 1. The van der Waals surface area contributed by atoms with Crippen molar-refractivity contribution in [3.8, 4) is 0 Å². The van der Waals surface area contributed by atoms with Crippen molar-refractivity contribution in [1.29, 1.82) is 0 Å². The molecule has 1 aromatic rings. The first kappa shape index (κ1) is 8.85. The Labute approximate surface area is 75.6 Å². The summed E-state index contributed by atoms with van der Waals surface area (Å²) < 4.78 is 0. The minimum atomic E-state index is -0.399. The molecule has 0 amide bonds. The number of benzene rings is 1. The monoisotopic (exact) mass is 190 g/mol. The van der Waals surface area contributed by atoms with E-state index in [1.807, 2.05) is 12.1 Å². The number of halogens is 2. The third kappa shape index (κ3) is 2.09. The Morgan fingerprint density at radius 2 is 2.00 bits per heavy atom. The second-order valence-electron chi connectivity index (χ2n) is 2.17. The zero-order valence-electron chi connectivity index (χ0n) is 5.80. The Kier molecular flexibility index (Phi) is 3.18. The van der Waals surface area contributed by atoms with Gasteiger partial charge < -0.3 is 5.11 Å². The maximum Gasteiger partial charge on any atom is 0.0830 e. The molecule has 0 aliphatic heterocycles. The summed E-state index contributed by atoms with van der Waals surface area (Å²) in [6.07, 6.45) is 0. The molecule has 1 nitrogen and oxygen atoms in total. The van der Waals surface area contributed by atoms with Gasteiger partial charge in [0, 0.05) is 5.02 Å². The first-order chi connectivity index (χ1) is 5.25. The predicted octanol–water partition coefficient (Wildman–Crippen LogP) is 2.61. The zero-order valence-corrected chi connectivity index (χ0v) is 7.31. The third-order valence-corrected chi connectivity index (χ3v) is 2.12. The molecule has 0 bridgehead atoms. The van der Waals surface area contributed by atoms with E-state index in [4.69, 9.17) is 28.3 Å². The fourth-order valence-electron chi connectivity index (χ4n) is 0.827. The molecule has 3 heteroatoms. The molecule has 60 valence electrons. The highest BCUT2D eigenvalue weighted by molar-refractivity contribution is 6.32. The van der Waals surface area contributed by atoms with Crippen LogP contribution in [-0.4, -0.2) is 11.7 Å². The highest BCUT2D eigenvalue weighted by Gasteiger charge is 2.08. The molecule has 1 atom stereocenters. The summed E-state index contributed by atoms with van der Waals surface area (Å²) in [6, 6.07) is 7.22. The number of rotatable bonds is 2. The van der Waals surface area contributed by atoms with Gasteiger partial charge in [0.1, 0.15) is 0 Å². The van der Waals surface area contributed by atoms with Crippen LogP contribution in [0.1, 0.15) is 10.9 Å². The largest absolute Gasteiger partial charge is 0.394 e. The van der Waals surface area contributed by atoms with Crippen molar-refractivity contribution in [2.24, 2.45) is 0 Å². The standard InChI is InChI=1S/C8H8Cl2O/c9-7-4-2-1-3-6(7)8(10)5-11/h1-4,8,11H,5H2/t8-/m0/s1. The number of aliphatic hydroxyl groups excluding tert-OH is 1. The van der Waals surface area contributed by atoms with Crippen LogP contribution >= 0.6 is 23.2 Å². The van der Waals surface area contributed by atoms with Gasteiger partial charge in [-0.2, -0.15) is 0 Å². The lowest BCUT2D eigenvalue weighted by Crippen LogP contribution is -1.95. The second kappa shape index (κ2) is 3.96. The van der Waals surface area contributed by atoms with Gasteiger partial charge >= 0.3 is 0 Å².